The summed E-state index contributed by atoms with van der Waals surface area (Å²) < 4.78 is 10.7. The number of aromatic hydroxyl groups is 1. The fraction of sp³-hybridized carbons (Fsp3) is 0.136. The van der Waals surface area contributed by atoms with E-state index in [2.05, 4.69) is 19.5 Å². The number of azo groups is 1. The minimum Gasteiger partial charge on any atom is -0.507 e. The molecule has 0 aliphatic carbocycles. The Labute approximate surface area is 184 Å². The number of rotatable bonds is 8. The highest BCUT2D eigenvalue weighted by atomic mass is 31.0. The van der Waals surface area contributed by atoms with Gasteiger partial charge < -0.3 is 24.2 Å². The first kappa shape index (κ1) is 22.5. The molecule has 0 aliphatic heterocycles. The Morgan fingerprint density at radius 1 is 1.00 bits per heavy atom. The lowest BCUT2D eigenvalue weighted by atomic mass is 9.87. The van der Waals surface area contributed by atoms with Crippen LogP contribution in [0.2, 0.25) is 0 Å². The third-order valence-electron chi connectivity index (χ3n) is 4.41. The molecule has 0 bridgehead atoms. The lowest BCUT2D eigenvalue weighted by molar-refractivity contribution is 0.105. The number of nitrogens with zero attached hydrogens (tertiary/aromatic N) is 3. The molecule has 0 saturated carbocycles. The second-order valence-electron chi connectivity index (χ2n) is 6.97. The molecule has 7 nitrogen and oxygen atoms in total. The van der Waals surface area contributed by atoms with E-state index in [1.807, 2.05) is 49.3 Å². The average molecular weight is 435 g/mol. The van der Waals surface area contributed by atoms with E-state index in [9.17, 15) is 9.90 Å². The van der Waals surface area contributed by atoms with Crippen LogP contribution in [0.15, 0.2) is 70.9 Å². The van der Waals surface area contributed by atoms with Gasteiger partial charge in [0.25, 0.3) is 0 Å². The molecule has 0 amide bonds. The van der Waals surface area contributed by atoms with Crippen LogP contribution in [0.1, 0.15) is 10.4 Å². The van der Waals surface area contributed by atoms with Crippen molar-refractivity contribution in [1.82, 2.24) is 0 Å². The topological polar surface area (TPSA) is 83.7 Å². The van der Waals surface area contributed by atoms with Crippen molar-refractivity contribution in [2.75, 3.05) is 26.1 Å². The zero-order chi connectivity index (χ0) is 22.4. The van der Waals surface area contributed by atoms with Crippen LogP contribution in [0, 0.1) is 0 Å². The normalized spacial score (nSPS) is 10.8. The number of phenols is 1. The second kappa shape index (κ2) is 10.2. The van der Waals surface area contributed by atoms with Gasteiger partial charge in [0.1, 0.15) is 17.2 Å². The molecule has 0 radical (unpaired) electrons. The highest BCUT2D eigenvalue weighted by Crippen LogP contribution is 2.29. The van der Waals surface area contributed by atoms with Crippen molar-refractivity contribution in [3.8, 4) is 17.2 Å². The number of benzene rings is 3. The number of carbonyl (C=O) groups is 1. The molecule has 9 heteroatoms. The summed E-state index contributed by atoms with van der Waals surface area (Å²) in [7, 11) is 7.89. The fourth-order valence-corrected chi connectivity index (χ4v) is 3.10. The summed E-state index contributed by atoms with van der Waals surface area (Å²) in [6.45, 7) is 0. The van der Waals surface area contributed by atoms with Gasteiger partial charge in [-0.25, -0.2) is 0 Å². The molecule has 0 spiro atoms. The van der Waals surface area contributed by atoms with Gasteiger partial charge in [-0.1, -0.05) is 0 Å². The van der Waals surface area contributed by atoms with Crippen molar-refractivity contribution in [2.24, 2.45) is 10.2 Å². The van der Waals surface area contributed by atoms with Crippen molar-refractivity contribution in [3.05, 3.63) is 66.2 Å². The maximum Gasteiger partial charge on any atom is 0.357 e. The monoisotopic (exact) mass is 435 g/mol. The van der Waals surface area contributed by atoms with Gasteiger partial charge in [-0.15, -0.1) is 9.24 Å². The van der Waals surface area contributed by atoms with Gasteiger partial charge >= 0.3 is 7.48 Å². The number of hydrogen-bond acceptors (Lipinski definition) is 7. The summed E-state index contributed by atoms with van der Waals surface area (Å²) in [5, 5.41) is 19.4. The Bertz CT molecular complexity index is 1100. The first-order chi connectivity index (χ1) is 14.9. The number of ether oxygens (including phenoxy) is 1. The Balaban J connectivity index is 1.71. The summed E-state index contributed by atoms with van der Waals surface area (Å²) in [5.74, 6) is 0.829. The first-order valence-corrected chi connectivity index (χ1v) is 10.1. The van der Waals surface area contributed by atoms with Crippen LogP contribution in [0.3, 0.4) is 0 Å². The van der Waals surface area contributed by atoms with Gasteiger partial charge in [-0.3, -0.25) is 0 Å². The molecule has 158 valence electrons. The van der Waals surface area contributed by atoms with E-state index in [1.165, 1.54) is 19.2 Å². The summed E-state index contributed by atoms with van der Waals surface area (Å²) in [6, 6.07) is 17.7. The molecule has 0 fully saturated rings. The lowest BCUT2D eigenvalue weighted by Gasteiger charge is -2.11. The van der Waals surface area contributed by atoms with Crippen molar-refractivity contribution in [2.45, 2.75) is 0 Å². The third-order valence-corrected chi connectivity index (χ3v) is 4.86. The minimum atomic E-state index is -0.302. The van der Waals surface area contributed by atoms with E-state index < -0.39 is 0 Å². The summed E-state index contributed by atoms with van der Waals surface area (Å²) in [4.78, 5) is 13.9. The highest BCUT2D eigenvalue weighted by molar-refractivity contribution is 7.27. The minimum absolute atomic E-state index is 0.0979. The Kier molecular flexibility index (Phi) is 7.39. The highest BCUT2D eigenvalue weighted by Gasteiger charge is 2.14. The van der Waals surface area contributed by atoms with Gasteiger partial charge in [-0.05, 0) is 54.6 Å². The summed E-state index contributed by atoms with van der Waals surface area (Å²) in [6.07, 6.45) is 0. The zero-order valence-corrected chi connectivity index (χ0v) is 18.7. The molecule has 1 N–H and O–H groups in total. The summed E-state index contributed by atoms with van der Waals surface area (Å²) >= 11 is 0. The largest absolute Gasteiger partial charge is 0.507 e. The maximum atomic E-state index is 11.9. The van der Waals surface area contributed by atoms with E-state index in [0.29, 0.717) is 17.2 Å². The molecule has 0 aromatic heterocycles. The van der Waals surface area contributed by atoms with Crippen molar-refractivity contribution >= 4 is 44.8 Å². The Hall–Kier alpha value is -3.22. The molecule has 0 aliphatic rings. The van der Waals surface area contributed by atoms with E-state index in [1.54, 1.807) is 18.2 Å². The molecule has 3 aromatic rings. The van der Waals surface area contributed by atoms with E-state index in [-0.39, 0.29) is 24.5 Å². The van der Waals surface area contributed by atoms with Gasteiger partial charge in [0, 0.05) is 38.3 Å². The van der Waals surface area contributed by atoms with Crippen LogP contribution >= 0.6 is 9.24 Å². The third kappa shape index (κ3) is 5.91. The van der Waals surface area contributed by atoms with E-state index in [4.69, 9.17) is 9.39 Å². The Morgan fingerprint density at radius 2 is 1.68 bits per heavy atom. The van der Waals surface area contributed by atoms with E-state index in [0.717, 1.165) is 16.7 Å². The quantitative estimate of drug-likeness (QED) is 0.324. The molecule has 1 unspecified atom stereocenters. The molecule has 0 saturated heterocycles. The first-order valence-electron chi connectivity index (χ1n) is 9.49. The molecule has 3 aromatic carbocycles. The van der Waals surface area contributed by atoms with Crippen LogP contribution in [0.4, 0.5) is 17.1 Å². The number of carbonyl (C=O) groups excluding carboxylic acids is 1. The predicted octanol–water partition coefficient (Wildman–Crippen LogP) is 4.30. The number of hydrogen-bond donors (Lipinski definition) is 1. The van der Waals surface area contributed by atoms with Crippen LogP contribution < -0.4 is 14.9 Å². The number of anilines is 1. The SMILES string of the molecule is COBC(=O)c1ccc(Oc2ccc(N=Nc3ccc(N(C)C)cc3)cc2P)cc1O. The molecule has 0 heterocycles. The Morgan fingerprint density at radius 3 is 2.29 bits per heavy atom. The van der Waals surface area contributed by atoms with Crippen LogP contribution in [-0.2, 0) is 4.65 Å². The lowest BCUT2D eigenvalue weighted by Crippen LogP contribution is -2.11. The average Bonchev–Trinajstić information content (AvgIpc) is 2.74. The van der Waals surface area contributed by atoms with Crippen LogP contribution in [0.25, 0.3) is 0 Å². The molecular weight excluding hydrogens is 412 g/mol. The van der Waals surface area contributed by atoms with Crippen molar-refractivity contribution in [1.29, 1.82) is 0 Å². The molecule has 1 atom stereocenters. The zero-order valence-electron chi connectivity index (χ0n) is 17.6. The fourth-order valence-electron chi connectivity index (χ4n) is 2.77. The maximum absolute atomic E-state index is 11.9. The van der Waals surface area contributed by atoms with Gasteiger partial charge in [-0.2, -0.15) is 10.2 Å². The molecule has 3 rings (SSSR count). The standard InChI is InChI=1S/C22H23BN3O4P/c1-26(2)16-7-4-14(5-8-16)24-25-15-6-11-20(21(31)12-15)30-17-9-10-18(19(27)13-17)22(28)23-29-3/h4-13,23,27H,31H2,1-3H3. The summed E-state index contributed by atoms with van der Waals surface area (Å²) in [5.41, 5.74) is 2.42. The molecular formula is C22H23BN3O4P. The van der Waals surface area contributed by atoms with E-state index >= 15 is 0 Å². The number of phenolic OH excluding ortho intramolecular Hbond substituents is 1. The molecule has 31 heavy (non-hydrogen) atoms. The predicted molar refractivity (Wildman–Crippen MR) is 127 cm³/mol. The van der Waals surface area contributed by atoms with Gasteiger partial charge in [0.05, 0.1) is 16.9 Å². The van der Waals surface area contributed by atoms with Crippen molar-refractivity contribution < 1.29 is 19.3 Å². The van der Waals surface area contributed by atoms with Crippen LogP contribution in [0.5, 0.6) is 17.2 Å². The van der Waals surface area contributed by atoms with Crippen molar-refractivity contribution in [3.63, 3.8) is 0 Å². The smallest absolute Gasteiger partial charge is 0.357 e. The van der Waals surface area contributed by atoms with Gasteiger partial charge in [0.15, 0.2) is 5.68 Å². The van der Waals surface area contributed by atoms with Gasteiger partial charge in [0.2, 0.25) is 0 Å². The second-order valence-corrected chi connectivity index (χ2v) is 7.59. The van der Waals surface area contributed by atoms with Crippen LogP contribution in [-0.4, -0.2) is 39.5 Å².